The first-order valence-electron chi connectivity index (χ1n) is 12.4. The van der Waals surface area contributed by atoms with Crippen LogP contribution in [0.3, 0.4) is 0 Å². The number of aryl methyl sites for hydroxylation is 2. The zero-order valence-corrected chi connectivity index (χ0v) is 26.0. The van der Waals surface area contributed by atoms with Crippen molar-refractivity contribution in [1.82, 2.24) is 0 Å². The maximum atomic E-state index is 13.2. The van der Waals surface area contributed by atoms with Crippen molar-refractivity contribution in [2.75, 3.05) is 0 Å². The fourth-order valence-electron chi connectivity index (χ4n) is 3.79. The Hall–Kier alpha value is -0.221. The van der Waals surface area contributed by atoms with E-state index in [9.17, 15) is 8.42 Å². The van der Waals surface area contributed by atoms with Crippen molar-refractivity contribution in [1.29, 1.82) is 0 Å². The second-order valence-corrected chi connectivity index (χ2v) is 11.6. The van der Waals surface area contributed by atoms with Gasteiger partial charge in [0.1, 0.15) is 0 Å². The Labute approximate surface area is 270 Å². The summed E-state index contributed by atoms with van der Waals surface area (Å²) in [5.74, 6) is 1.75. The maximum absolute atomic E-state index is 13.2. The molecule has 4 aliphatic carbocycles. The van der Waals surface area contributed by atoms with Gasteiger partial charge in [-0.05, 0) is 141 Å². The van der Waals surface area contributed by atoms with Gasteiger partial charge in [0.25, 0.3) is 0 Å². The molecule has 0 aromatic heterocycles. The number of benzene rings is 2. The third kappa shape index (κ3) is 10.5. The molecule has 0 N–H and O–H groups in total. The molecule has 0 unspecified atom stereocenters. The van der Waals surface area contributed by atoms with Crippen molar-refractivity contribution < 1.29 is 42.6 Å². The maximum Gasteiger partial charge on any atom is 2.00 e. The van der Waals surface area contributed by atoms with Gasteiger partial charge in [-0.1, -0.05) is 35.4 Å². The summed E-state index contributed by atoms with van der Waals surface area (Å²) in [7, 11) is -2.58. The molecule has 0 aliphatic heterocycles. The molecule has 0 saturated heterocycles. The van der Waals surface area contributed by atoms with Crippen molar-refractivity contribution >= 4 is 21.6 Å². The largest absolute Gasteiger partial charge is 2.00 e. The minimum absolute atomic E-state index is 0. The average Bonchev–Trinajstić information content (AvgIpc) is 3.77. The van der Waals surface area contributed by atoms with Crippen LogP contribution >= 0.6 is 0 Å². The first-order valence-corrected chi connectivity index (χ1v) is 14.7. The summed E-state index contributed by atoms with van der Waals surface area (Å²) >= 11 is 0. The van der Waals surface area contributed by atoms with Gasteiger partial charge in [-0.3, -0.25) is 8.42 Å². The van der Waals surface area contributed by atoms with E-state index in [0.29, 0.717) is 0 Å². The molecule has 2 aromatic rings. The zero-order valence-electron chi connectivity index (χ0n) is 22.2. The van der Waals surface area contributed by atoms with Crippen molar-refractivity contribution in [3.8, 4) is 0 Å². The Kier molecular flexibility index (Phi) is 17.2. The molecular formula is C34H30Fe2O2S2+4. The smallest absolute Gasteiger partial charge is 0.254 e. The minimum Gasteiger partial charge on any atom is -0.254 e. The first kappa shape index (κ1) is 36.0. The average molecular weight is 646 g/mol. The van der Waals surface area contributed by atoms with Crippen LogP contribution in [0.25, 0.3) is 0 Å². The normalized spacial score (nSPS) is 21.4. The van der Waals surface area contributed by atoms with E-state index < -0.39 is 21.6 Å². The second-order valence-electron chi connectivity index (χ2n) is 8.70. The van der Waals surface area contributed by atoms with Crippen LogP contribution < -0.4 is 0 Å². The summed E-state index contributed by atoms with van der Waals surface area (Å²) in [6.45, 7) is 4.02. The van der Waals surface area contributed by atoms with E-state index in [1.165, 1.54) is 0 Å². The molecule has 40 heavy (non-hydrogen) atoms. The van der Waals surface area contributed by atoms with Crippen molar-refractivity contribution in [3.05, 3.63) is 185 Å². The summed E-state index contributed by atoms with van der Waals surface area (Å²) in [6, 6.07) is 15.5. The predicted octanol–water partition coefficient (Wildman–Crippen LogP) is 6.72. The molecule has 2 atom stereocenters. The Bertz CT molecular complexity index is 919. The van der Waals surface area contributed by atoms with Crippen molar-refractivity contribution in [2.24, 2.45) is 0 Å². The van der Waals surface area contributed by atoms with E-state index in [2.05, 4.69) is 0 Å². The monoisotopic (exact) mass is 646 g/mol. The Morgan fingerprint density at radius 2 is 0.675 bits per heavy atom. The summed E-state index contributed by atoms with van der Waals surface area (Å²) in [6.07, 6.45) is 31.5. The summed E-state index contributed by atoms with van der Waals surface area (Å²) in [5, 5.41) is 1.49. The van der Waals surface area contributed by atoms with Gasteiger partial charge in [0.15, 0.2) is 0 Å². The van der Waals surface area contributed by atoms with E-state index in [1.54, 1.807) is 0 Å². The molecule has 2 aromatic carbocycles. The molecule has 0 spiro atoms. The second kappa shape index (κ2) is 19.1. The van der Waals surface area contributed by atoms with Gasteiger partial charge >= 0.3 is 34.1 Å². The van der Waals surface area contributed by atoms with E-state index in [1.807, 2.05) is 165 Å². The van der Waals surface area contributed by atoms with Gasteiger partial charge in [0.2, 0.25) is 0 Å². The van der Waals surface area contributed by atoms with Gasteiger partial charge in [-0.2, -0.15) is 0 Å². The molecule has 4 fully saturated rings. The van der Waals surface area contributed by atoms with Crippen LogP contribution in [-0.2, 0) is 55.7 Å². The Morgan fingerprint density at radius 3 is 0.950 bits per heavy atom. The predicted molar refractivity (Wildman–Crippen MR) is 157 cm³/mol. The topological polar surface area (TPSA) is 34.1 Å². The van der Waals surface area contributed by atoms with Crippen LogP contribution in [0.2, 0.25) is 0 Å². The Balaban J connectivity index is 0.000000392. The van der Waals surface area contributed by atoms with E-state index in [0.717, 1.165) is 43.3 Å². The molecule has 0 heterocycles. The molecule has 4 saturated carbocycles. The standard InChI is InChI=1S/C24H20O2S2.2C5H5.2Fe/c1-17-9-13-19(14-10-17)27(25)23-7-3-5-21(23)22-6-4-8-24(22)28(26)20-15-11-18(2)12-16-20;2*1-2-4-5-3-1;;/h3-16H,1-2H3;2*1-5H;;/q;;;2*+2/t27-,28-;;;;/m0..../s1. The van der Waals surface area contributed by atoms with Crippen LogP contribution in [-0.4, -0.2) is 8.42 Å². The van der Waals surface area contributed by atoms with Gasteiger partial charge in [-0.25, -0.2) is 0 Å². The number of hydrogen-bond donors (Lipinski definition) is 0. The van der Waals surface area contributed by atoms with Gasteiger partial charge in [0, 0.05) is 21.6 Å². The van der Waals surface area contributed by atoms with Crippen LogP contribution in [0.5, 0.6) is 0 Å². The molecule has 0 bridgehead atoms. The summed E-state index contributed by atoms with van der Waals surface area (Å²) in [5.41, 5.74) is 2.27. The Morgan fingerprint density at radius 1 is 0.400 bits per heavy atom. The molecule has 202 valence electrons. The molecule has 4 aliphatic rings. The zero-order chi connectivity index (χ0) is 26.7. The summed E-state index contributed by atoms with van der Waals surface area (Å²) in [4.78, 5) is 1.54. The fraction of sp³-hybridized carbons (Fsp3) is 0.0588. The van der Waals surface area contributed by atoms with Crippen LogP contribution in [0.1, 0.15) is 11.1 Å². The van der Waals surface area contributed by atoms with Crippen molar-refractivity contribution in [3.63, 3.8) is 0 Å². The van der Waals surface area contributed by atoms with E-state index in [4.69, 9.17) is 0 Å². The molecule has 6 heteroatoms. The number of rotatable bonds is 5. The third-order valence-corrected chi connectivity index (χ3v) is 8.73. The van der Waals surface area contributed by atoms with Crippen molar-refractivity contribution in [2.45, 2.75) is 23.6 Å². The molecular weight excluding hydrogens is 616 g/mol. The van der Waals surface area contributed by atoms with Gasteiger partial charge in [0.05, 0.1) is 32.1 Å². The quantitative estimate of drug-likeness (QED) is 0.338. The first-order chi connectivity index (χ1) is 18.5. The SMILES string of the molecule is Cc1ccc([S@](=O)[C]2[CH][CH][CH][C]2[C]2[CH][CH][CH][C]2[S@@](=O)c2ccc(C)cc2)cc1.[CH]1[CH][CH][CH][CH]1.[CH]1[CH][CH][CH][CH]1.[Fe+2].[Fe+2]. The molecule has 20 radical (unpaired) electrons. The van der Waals surface area contributed by atoms with Gasteiger partial charge < -0.3 is 0 Å². The molecule has 6 rings (SSSR count). The summed E-state index contributed by atoms with van der Waals surface area (Å²) < 4.78 is 26.3. The molecule has 2 nitrogen and oxygen atoms in total. The fourth-order valence-corrected chi connectivity index (χ4v) is 6.23. The van der Waals surface area contributed by atoms with Crippen LogP contribution in [0.15, 0.2) is 58.3 Å². The minimum atomic E-state index is -1.29. The third-order valence-electron chi connectivity index (χ3n) is 5.82. The molecule has 0 amide bonds. The van der Waals surface area contributed by atoms with E-state index in [-0.39, 0.29) is 34.1 Å². The van der Waals surface area contributed by atoms with E-state index >= 15 is 0 Å². The number of hydrogen-bond acceptors (Lipinski definition) is 2. The van der Waals surface area contributed by atoms with Crippen LogP contribution in [0, 0.1) is 139 Å². The van der Waals surface area contributed by atoms with Crippen LogP contribution in [0.4, 0.5) is 0 Å². The van der Waals surface area contributed by atoms with Gasteiger partial charge in [-0.15, -0.1) is 0 Å².